The molecule has 0 unspecified atom stereocenters. The van der Waals surface area contributed by atoms with Crippen LogP contribution in [0.25, 0.3) is 0 Å². The number of anilines is 1. The summed E-state index contributed by atoms with van der Waals surface area (Å²) >= 11 is 0. The smallest absolute Gasteiger partial charge is 0.240 e. The molecule has 1 aliphatic carbocycles. The normalized spacial score (nSPS) is 20.2. The largest absolute Gasteiger partial charge is 0.312 e. The van der Waals surface area contributed by atoms with Crippen molar-refractivity contribution < 1.29 is 13.2 Å². The van der Waals surface area contributed by atoms with E-state index >= 15 is 0 Å². The number of hydrogen-bond donors (Lipinski definition) is 1. The van der Waals surface area contributed by atoms with Crippen molar-refractivity contribution in [3.05, 3.63) is 24.3 Å². The van der Waals surface area contributed by atoms with Crippen molar-refractivity contribution >= 4 is 21.6 Å². The maximum absolute atomic E-state index is 12.4. The number of hydrogen-bond acceptors (Lipinski definition) is 3. The fourth-order valence-corrected chi connectivity index (χ4v) is 4.54. The molecule has 2 aliphatic rings. The maximum atomic E-state index is 12.4. The lowest BCUT2D eigenvalue weighted by atomic mass is 9.90. The maximum Gasteiger partial charge on any atom is 0.240 e. The number of rotatable bonds is 5. The van der Waals surface area contributed by atoms with Gasteiger partial charge in [0, 0.05) is 25.2 Å². The van der Waals surface area contributed by atoms with E-state index in [1.165, 1.54) is 19.3 Å². The van der Waals surface area contributed by atoms with Gasteiger partial charge in [0.05, 0.1) is 4.90 Å². The van der Waals surface area contributed by atoms with Gasteiger partial charge in [0.2, 0.25) is 15.9 Å². The molecule has 1 saturated carbocycles. The molecule has 5 nitrogen and oxygen atoms in total. The molecule has 3 rings (SSSR count). The van der Waals surface area contributed by atoms with Crippen LogP contribution in [0.2, 0.25) is 0 Å². The standard InChI is InChI=1S/C17H24N2O3S/c20-17-7-4-12-19(17)15-8-10-16(11-9-15)23(21,22)18-13-14-5-2-1-3-6-14/h8-11,14,18H,1-7,12-13H2. The summed E-state index contributed by atoms with van der Waals surface area (Å²) in [5, 5.41) is 0. The van der Waals surface area contributed by atoms with E-state index in [4.69, 9.17) is 0 Å². The highest BCUT2D eigenvalue weighted by Crippen LogP contribution is 2.25. The Labute approximate surface area is 138 Å². The van der Waals surface area contributed by atoms with E-state index in [1.807, 2.05) is 0 Å². The molecule has 1 aliphatic heterocycles. The summed E-state index contributed by atoms with van der Waals surface area (Å²) in [5.74, 6) is 0.566. The van der Waals surface area contributed by atoms with Gasteiger partial charge in [0.15, 0.2) is 0 Å². The third-order valence-electron chi connectivity index (χ3n) is 4.82. The average molecular weight is 336 g/mol. The molecule has 1 N–H and O–H groups in total. The van der Waals surface area contributed by atoms with E-state index in [0.717, 1.165) is 24.9 Å². The Kier molecular flexibility index (Phi) is 5.02. The first-order valence-electron chi connectivity index (χ1n) is 8.46. The van der Waals surface area contributed by atoms with Crippen molar-refractivity contribution in [2.75, 3.05) is 18.0 Å². The van der Waals surface area contributed by atoms with Gasteiger partial charge >= 0.3 is 0 Å². The molecule has 23 heavy (non-hydrogen) atoms. The monoisotopic (exact) mass is 336 g/mol. The molecule has 2 fully saturated rings. The molecule has 0 bridgehead atoms. The lowest BCUT2D eigenvalue weighted by Crippen LogP contribution is -2.30. The summed E-state index contributed by atoms with van der Waals surface area (Å²) in [6.07, 6.45) is 7.32. The van der Waals surface area contributed by atoms with Gasteiger partial charge in [-0.25, -0.2) is 13.1 Å². The summed E-state index contributed by atoms with van der Waals surface area (Å²) in [6, 6.07) is 6.62. The third kappa shape index (κ3) is 3.93. The Morgan fingerprint density at radius 2 is 1.74 bits per heavy atom. The van der Waals surface area contributed by atoms with Crippen LogP contribution in [0.4, 0.5) is 5.69 Å². The van der Waals surface area contributed by atoms with Gasteiger partial charge in [0.1, 0.15) is 0 Å². The molecule has 126 valence electrons. The van der Waals surface area contributed by atoms with Crippen LogP contribution in [0.5, 0.6) is 0 Å². The van der Waals surface area contributed by atoms with Crippen LogP contribution in [0.15, 0.2) is 29.2 Å². The molecular weight excluding hydrogens is 312 g/mol. The summed E-state index contributed by atoms with van der Waals surface area (Å²) in [5.41, 5.74) is 0.777. The van der Waals surface area contributed by atoms with Crippen molar-refractivity contribution in [3.8, 4) is 0 Å². The Balaban J connectivity index is 1.64. The fraction of sp³-hybridized carbons (Fsp3) is 0.588. The Morgan fingerprint density at radius 1 is 1.04 bits per heavy atom. The van der Waals surface area contributed by atoms with E-state index < -0.39 is 10.0 Å². The molecule has 1 amide bonds. The molecule has 1 aromatic rings. The number of amides is 1. The van der Waals surface area contributed by atoms with E-state index in [-0.39, 0.29) is 10.8 Å². The van der Waals surface area contributed by atoms with Gasteiger partial charge in [-0.3, -0.25) is 4.79 Å². The van der Waals surface area contributed by atoms with Crippen molar-refractivity contribution in [2.24, 2.45) is 5.92 Å². The molecular formula is C17H24N2O3S. The summed E-state index contributed by atoms with van der Waals surface area (Å²) in [6.45, 7) is 1.24. The third-order valence-corrected chi connectivity index (χ3v) is 6.26. The van der Waals surface area contributed by atoms with Crippen molar-refractivity contribution in [3.63, 3.8) is 0 Å². The molecule has 6 heteroatoms. The predicted molar refractivity (Wildman–Crippen MR) is 89.8 cm³/mol. The fourth-order valence-electron chi connectivity index (χ4n) is 3.43. The van der Waals surface area contributed by atoms with Gasteiger partial charge in [-0.15, -0.1) is 0 Å². The highest BCUT2D eigenvalue weighted by molar-refractivity contribution is 7.89. The van der Waals surface area contributed by atoms with Crippen LogP contribution in [-0.4, -0.2) is 27.4 Å². The summed E-state index contributed by atoms with van der Waals surface area (Å²) in [4.78, 5) is 13.7. The predicted octanol–water partition coefficient (Wildman–Crippen LogP) is 2.67. The van der Waals surface area contributed by atoms with Crippen molar-refractivity contribution in [2.45, 2.75) is 49.8 Å². The van der Waals surface area contributed by atoms with Gasteiger partial charge in [-0.05, 0) is 49.4 Å². The van der Waals surface area contributed by atoms with Crippen LogP contribution in [-0.2, 0) is 14.8 Å². The minimum atomic E-state index is -3.47. The highest BCUT2D eigenvalue weighted by Gasteiger charge is 2.23. The number of carbonyl (C=O) groups is 1. The zero-order chi connectivity index (χ0) is 16.3. The van der Waals surface area contributed by atoms with Gasteiger partial charge in [-0.1, -0.05) is 19.3 Å². The molecule has 0 radical (unpaired) electrons. The van der Waals surface area contributed by atoms with Gasteiger partial charge in [0.25, 0.3) is 0 Å². The number of nitrogens with zero attached hydrogens (tertiary/aromatic N) is 1. The lowest BCUT2D eigenvalue weighted by molar-refractivity contribution is -0.117. The van der Waals surface area contributed by atoms with E-state index in [0.29, 0.717) is 25.4 Å². The average Bonchev–Trinajstić information content (AvgIpc) is 3.00. The Bertz CT molecular complexity index is 649. The van der Waals surface area contributed by atoms with Gasteiger partial charge < -0.3 is 4.90 Å². The van der Waals surface area contributed by atoms with Crippen LogP contribution in [0, 0.1) is 5.92 Å². The van der Waals surface area contributed by atoms with E-state index in [9.17, 15) is 13.2 Å². The van der Waals surface area contributed by atoms with Crippen LogP contribution >= 0.6 is 0 Å². The summed E-state index contributed by atoms with van der Waals surface area (Å²) < 4.78 is 27.5. The second-order valence-electron chi connectivity index (χ2n) is 6.50. The molecule has 1 heterocycles. The zero-order valence-corrected chi connectivity index (χ0v) is 14.1. The minimum absolute atomic E-state index is 0.107. The van der Waals surface area contributed by atoms with Crippen molar-refractivity contribution in [1.82, 2.24) is 4.72 Å². The number of carbonyl (C=O) groups excluding carboxylic acids is 1. The Hall–Kier alpha value is -1.40. The Morgan fingerprint density at radius 3 is 2.35 bits per heavy atom. The SMILES string of the molecule is O=C1CCCN1c1ccc(S(=O)(=O)NCC2CCCCC2)cc1. The number of sulfonamides is 1. The van der Waals surface area contributed by atoms with E-state index in [2.05, 4.69) is 4.72 Å². The molecule has 1 saturated heterocycles. The quantitative estimate of drug-likeness (QED) is 0.899. The lowest BCUT2D eigenvalue weighted by Gasteiger charge is -2.21. The first kappa shape index (κ1) is 16.5. The minimum Gasteiger partial charge on any atom is -0.312 e. The zero-order valence-electron chi connectivity index (χ0n) is 13.3. The first-order chi connectivity index (χ1) is 11.1. The molecule has 0 spiro atoms. The highest BCUT2D eigenvalue weighted by atomic mass is 32.2. The molecule has 1 aromatic carbocycles. The molecule has 0 atom stereocenters. The van der Waals surface area contributed by atoms with Crippen LogP contribution in [0.1, 0.15) is 44.9 Å². The van der Waals surface area contributed by atoms with E-state index in [1.54, 1.807) is 29.2 Å². The first-order valence-corrected chi connectivity index (χ1v) is 9.95. The molecule has 0 aromatic heterocycles. The summed E-state index contributed by atoms with van der Waals surface area (Å²) in [7, 11) is -3.47. The number of nitrogens with one attached hydrogen (secondary N) is 1. The van der Waals surface area contributed by atoms with Crippen molar-refractivity contribution in [1.29, 1.82) is 0 Å². The van der Waals surface area contributed by atoms with Crippen LogP contribution in [0.3, 0.4) is 0 Å². The number of benzene rings is 1. The topological polar surface area (TPSA) is 66.5 Å². The second kappa shape index (κ2) is 7.01. The van der Waals surface area contributed by atoms with Gasteiger partial charge in [-0.2, -0.15) is 0 Å². The second-order valence-corrected chi connectivity index (χ2v) is 8.27. The van der Waals surface area contributed by atoms with Crippen LogP contribution < -0.4 is 9.62 Å².